The van der Waals surface area contributed by atoms with Crippen LogP contribution in [-0.2, 0) is 26.1 Å². The fourth-order valence-corrected chi connectivity index (χ4v) is 4.07. The van der Waals surface area contributed by atoms with E-state index >= 15 is 0 Å². The first kappa shape index (κ1) is 17.3. The second kappa shape index (κ2) is 6.79. The number of nitro groups is 1. The minimum absolute atomic E-state index is 0.0210. The van der Waals surface area contributed by atoms with Gasteiger partial charge in [-0.05, 0) is 18.2 Å². The number of fused-ring (bicyclic) bond motifs is 1. The highest BCUT2D eigenvalue weighted by atomic mass is 32.2. The normalized spacial score (nSPS) is 17.6. The molecule has 2 aromatic carbocycles. The van der Waals surface area contributed by atoms with Crippen LogP contribution < -0.4 is 4.31 Å². The summed E-state index contributed by atoms with van der Waals surface area (Å²) in [7, 11) is -2.49. The smallest absolute Gasteiger partial charge is 0.269 e. The molecule has 0 spiro atoms. The summed E-state index contributed by atoms with van der Waals surface area (Å²) >= 11 is 0. The summed E-state index contributed by atoms with van der Waals surface area (Å²) in [5.74, 6) is 0. The fraction of sp³-hybridized carbons (Fsp3) is 0.250. The lowest BCUT2D eigenvalue weighted by molar-refractivity contribution is -0.384. The quantitative estimate of drug-likeness (QED) is 0.610. The summed E-state index contributed by atoms with van der Waals surface area (Å²) in [6, 6.07) is 11.8. The van der Waals surface area contributed by atoms with Crippen LogP contribution in [0.2, 0.25) is 0 Å². The summed E-state index contributed by atoms with van der Waals surface area (Å²) in [6.45, 7) is 0.202. The van der Waals surface area contributed by atoms with Crippen molar-refractivity contribution in [3.05, 3.63) is 64.2 Å². The molecular formula is C16H16N2O6S. The average molecular weight is 364 g/mol. The predicted octanol–water partition coefficient (Wildman–Crippen LogP) is 2.29. The Bertz CT molecular complexity index is 882. The molecule has 0 aliphatic carbocycles. The molecule has 1 aliphatic heterocycles. The lowest BCUT2D eigenvalue weighted by atomic mass is 10.2. The zero-order valence-electron chi connectivity index (χ0n) is 13.4. The molecule has 132 valence electrons. The van der Waals surface area contributed by atoms with E-state index in [1.807, 2.05) is 0 Å². The Kier molecular flexibility index (Phi) is 4.71. The third-order valence-corrected chi connectivity index (χ3v) is 5.69. The highest BCUT2D eigenvalue weighted by Gasteiger charge is 2.32. The molecule has 1 heterocycles. The molecule has 0 N–H and O–H groups in total. The molecule has 25 heavy (non-hydrogen) atoms. The molecule has 0 aromatic heterocycles. The molecule has 0 saturated heterocycles. The molecular weight excluding hydrogens is 348 g/mol. The van der Waals surface area contributed by atoms with Gasteiger partial charge in [0, 0.05) is 24.8 Å². The molecule has 9 heteroatoms. The Morgan fingerprint density at radius 3 is 2.52 bits per heavy atom. The lowest BCUT2D eigenvalue weighted by Gasteiger charge is -2.26. The molecule has 2 aromatic rings. The maximum Gasteiger partial charge on any atom is 0.269 e. The van der Waals surface area contributed by atoms with Gasteiger partial charge in [-0.3, -0.25) is 14.4 Å². The Morgan fingerprint density at radius 1 is 1.20 bits per heavy atom. The number of hydrogen-bond donors (Lipinski definition) is 0. The first-order chi connectivity index (χ1) is 11.9. The number of rotatable bonds is 4. The molecule has 0 radical (unpaired) electrons. The van der Waals surface area contributed by atoms with Gasteiger partial charge in [-0.1, -0.05) is 18.2 Å². The summed E-state index contributed by atoms with van der Waals surface area (Å²) in [5, 5.41) is 10.8. The number of ether oxygens (including phenoxy) is 2. The van der Waals surface area contributed by atoms with Gasteiger partial charge in [0.25, 0.3) is 15.7 Å². The van der Waals surface area contributed by atoms with Crippen LogP contribution in [0.3, 0.4) is 0 Å². The van der Waals surface area contributed by atoms with Gasteiger partial charge in [-0.2, -0.15) is 0 Å². The Labute approximate surface area is 144 Å². The number of anilines is 1. The molecule has 1 aliphatic rings. The van der Waals surface area contributed by atoms with Gasteiger partial charge in [-0.15, -0.1) is 0 Å². The van der Waals surface area contributed by atoms with E-state index in [2.05, 4.69) is 0 Å². The van der Waals surface area contributed by atoms with E-state index in [1.165, 1.54) is 35.7 Å². The van der Waals surface area contributed by atoms with Crippen LogP contribution in [0.4, 0.5) is 11.4 Å². The molecule has 0 fully saturated rings. The van der Waals surface area contributed by atoms with E-state index in [9.17, 15) is 18.5 Å². The van der Waals surface area contributed by atoms with Crippen molar-refractivity contribution in [1.82, 2.24) is 0 Å². The average Bonchev–Trinajstić information content (AvgIpc) is 2.81. The van der Waals surface area contributed by atoms with Crippen molar-refractivity contribution in [3.63, 3.8) is 0 Å². The van der Waals surface area contributed by atoms with Crippen molar-refractivity contribution in [2.75, 3.05) is 18.0 Å². The van der Waals surface area contributed by atoms with E-state index in [0.717, 1.165) is 0 Å². The van der Waals surface area contributed by atoms with E-state index in [4.69, 9.17) is 9.47 Å². The van der Waals surface area contributed by atoms with Gasteiger partial charge in [0.1, 0.15) is 0 Å². The minimum Gasteiger partial charge on any atom is -0.354 e. The fourth-order valence-electron chi connectivity index (χ4n) is 2.58. The van der Waals surface area contributed by atoms with Crippen molar-refractivity contribution >= 4 is 21.4 Å². The van der Waals surface area contributed by atoms with Crippen LogP contribution >= 0.6 is 0 Å². The number of para-hydroxylation sites is 1. The third-order valence-electron chi connectivity index (χ3n) is 3.90. The molecule has 3 rings (SSSR count). The second-order valence-corrected chi connectivity index (χ2v) is 7.25. The zero-order valence-corrected chi connectivity index (χ0v) is 14.2. The topological polar surface area (TPSA) is 99.0 Å². The van der Waals surface area contributed by atoms with Crippen LogP contribution in [0.5, 0.6) is 0 Å². The van der Waals surface area contributed by atoms with E-state index in [-0.39, 0.29) is 23.7 Å². The van der Waals surface area contributed by atoms with Crippen molar-refractivity contribution in [2.24, 2.45) is 0 Å². The second-order valence-electron chi connectivity index (χ2n) is 5.39. The number of sulfonamides is 1. The summed E-state index contributed by atoms with van der Waals surface area (Å²) in [5.41, 5.74) is 1.04. The SMILES string of the molecule is CO[C@@H]1CN(S(=O)(=O)c2ccc([N+](=O)[O-])cc2)c2ccccc2CO1. The highest BCUT2D eigenvalue weighted by Crippen LogP contribution is 2.31. The standard InChI is InChI=1S/C16H16N2O6S/c1-23-16-10-17(15-5-3-2-4-12(15)11-24-16)25(21,22)14-8-6-13(7-9-14)18(19)20/h2-9,16H,10-11H2,1H3/t16-/m0/s1. The molecule has 0 amide bonds. The van der Waals surface area contributed by atoms with Gasteiger partial charge in [-0.25, -0.2) is 8.42 Å². The number of nitro benzene ring substituents is 1. The number of nitrogens with zero attached hydrogens (tertiary/aromatic N) is 2. The van der Waals surface area contributed by atoms with Gasteiger partial charge in [0.05, 0.1) is 28.7 Å². The highest BCUT2D eigenvalue weighted by molar-refractivity contribution is 7.92. The zero-order chi connectivity index (χ0) is 18.0. The first-order valence-corrected chi connectivity index (χ1v) is 8.87. The van der Waals surface area contributed by atoms with Crippen LogP contribution in [0.15, 0.2) is 53.4 Å². The van der Waals surface area contributed by atoms with Crippen LogP contribution in [0.25, 0.3) is 0 Å². The monoisotopic (exact) mass is 364 g/mol. The maximum absolute atomic E-state index is 13.1. The third kappa shape index (κ3) is 3.34. The summed E-state index contributed by atoms with van der Waals surface area (Å²) in [6.07, 6.45) is -0.722. The number of benzene rings is 2. The van der Waals surface area contributed by atoms with Gasteiger partial charge in [0.15, 0.2) is 6.29 Å². The van der Waals surface area contributed by atoms with Crippen molar-refractivity contribution in [2.45, 2.75) is 17.8 Å². The van der Waals surface area contributed by atoms with Crippen molar-refractivity contribution in [3.8, 4) is 0 Å². The van der Waals surface area contributed by atoms with Crippen molar-refractivity contribution < 1.29 is 22.8 Å². The Hall–Kier alpha value is -2.49. The molecule has 0 bridgehead atoms. The Morgan fingerprint density at radius 2 is 1.88 bits per heavy atom. The van der Waals surface area contributed by atoms with Crippen LogP contribution in [0.1, 0.15) is 5.56 Å². The van der Waals surface area contributed by atoms with Gasteiger partial charge in [0.2, 0.25) is 0 Å². The minimum atomic E-state index is -3.93. The molecule has 0 saturated carbocycles. The number of non-ortho nitro benzene ring substituents is 1. The number of hydrogen-bond acceptors (Lipinski definition) is 6. The van der Waals surface area contributed by atoms with Crippen molar-refractivity contribution in [1.29, 1.82) is 0 Å². The molecule has 8 nitrogen and oxygen atoms in total. The van der Waals surface area contributed by atoms with E-state index in [0.29, 0.717) is 11.3 Å². The summed E-state index contributed by atoms with van der Waals surface area (Å²) < 4.78 is 38.2. The lowest BCUT2D eigenvalue weighted by Crippen LogP contribution is -2.38. The molecule has 0 unspecified atom stereocenters. The summed E-state index contributed by atoms with van der Waals surface area (Å²) in [4.78, 5) is 10.2. The van der Waals surface area contributed by atoms with Crippen LogP contribution in [-0.4, -0.2) is 33.3 Å². The van der Waals surface area contributed by atoms with E-state index in [1.54, 1.807) is 24.3 Å². The number of methoxy groups -OCH3 is 1. The van der Waals surface area contributed by atoms with Gasteiger partial charge >= 0.3 is 0 Å². The van der Waals surface area contributed by atoms with E-state index < -0.39 is 21.2 Å². The van der Waals surface area contributed by atoms with Gasteiger partial charge < -0.3 is 9.47 Å². The van der Waals surface area contributed by atoms with Crippen LogP contribution in [0, 0.1) is 10.1 Å². The predicted molar refractivity (Wildman–Crippen MR) is 89.7 cm³/mol. The molecule has 1 atom stereocenters. The largest absolute Gasteiger partial charge is 0.354 e. The first-order valence-electron chi connectivity index (χ1n) is 7.43. The maximum atomic E-state index is 13.1. The Balaban J connectivity index is 2.06.